The van der Waals surface area contributed by atoms with E-state index in [-0.39, 0.29) is 17.8 Å². The first-order chi connectivity index (χ1) is 13.7. The summed E-state index contributed by atoms with van der Waals surface area (Å²) in [7, 11) is 0. The summed E-state index contributed by atoms with van der Waals surface area (Å²) < 4.78 is 6.17. The molecule has 7 heteroatoms. The van der Waals surface area contributed by atoms with Crippen molar-refractivity contribution >= 4 is 38.6 Å². The summed E-state index contributed by atoms with van der Waals surface area (Å²) in [4.78, 5) is 33.8. The molecule has 4 rings (SSSR count). The topological polar surface area (TPSA) is 62.7 Å². The molecule has 150 valence electrons. The fourth-order valence-corrected chi connectivity index (χ4v) is 5.08. The highest BCUT2D eigenvalue weighted by Gasteiger charge is 2.29. The molecule has 0 radical (unpaired) electrons. The van der Waals surface area contributed by atoms with Gasteiger partial charge in [0, 0.05) is 31.7 Å². The van der Waals surface area contributed by atoms with Crippen LogP contribution in [0, 0.1) is 5.92 Å². The largest absolute Gasteiger partial charge is 0.466 e. The number of amides is 1. The van der Waals surface area contributed by atoms with Gasteiger partial charge in [-0.3, -0.25) is 9.59 Å². The van der Waals surface area contributed by atoms with Crippen molar-refractivity contribution in [3.63, 3.8) is 0 Å². The van der Waals surface area contributed by atoms with Crippen LogP contribution in [-0.2, 0) is 9.53 Å². The summed E-state index contributed by atoms with van der Waals surface area (Å²) in [6.45, 7) is 5.57. The molecule has 6 nitrogen and oxygen atoms in total. The highest BCUT2D eigenvalue weighted by atomic mass is 32.1. The Kier molecular flexibility index (Phi) is 5.80. The van der Waals surface area contributed by atoms with Gasteiger partial charge in [-0.25, -0.2) is 4.98 Å². The number of ether oxygens (including phenoxy) is 1. The van der Waals surface area contributed by atoms with Gasteiger partial charge in [-0.15, -0.1) is 0 Å². The van der Waals surface area contributed by atoms with Crippen LogP contribution in [0.3, 0.4) is 0 Å². The number of carbonyl (C=O) groups is 2. The van der Waals surface area contributed by atoms with Crippen LogP contribution in [0.1, 0.15) is 49.4 Å². The van der Waals surface area contributed by atoms with Crippen LogP contribution in [0.5, 0.6) is 0 Å². The molecule has 2 saturated heterocycles. The SMILES string of the molecule is CCOC(=O)C1CCN(C(=O)c2ccc3nc(N4CCCCC4)sc3c2)CC1. The zero-order chi connectivity index (χ0) is 19.5. The molecular weight excluding hydrogens is 374 g/mol. The fourth-order valence-electron chi connectivity index (χ4n) is 4.03. The molecule has 1 aromatic heterocycles. The average Bonchev–Trinajstić information content (AvgIpc) is 3.17. The number of hydrogen-bond donors (Lipinski definition) is 0. The number of piperidine rings is 2. The second-order valence-corrected chi connectivity index (χ2v) is 8.55. The Morgan fingerprint density at radius 1 is 1.14 bits per heavy atom. The highest BCUT2D eigenvalue weighted by molar-refractivity contribution is 7.22. The lowest BCUT2D eigenvalue weighted by atomic mass is 9.96. The van der Waals surface area contributed by atoms with E-state index >= 15 is 0 Å². The number of rotatable bonds is 4. The van der Waals surface area contributed by atoms with Gasteiger partial charge in [-0.05, 0) is 57.2 Å². The van der Waals surface area contributed by atoms with Crippen molar-refractivity contribution in [2.24, 2.45) is 5.92 Å². The van der Waals surface area contributed by atoms with Crippen LogP contribution >= 0.6 is 11.3 Å². The third-order valence-electron chi connectivity index (χ3n) is 5.65. The van der Waals surface area contributed by atoms with Gasteiger partial charge in [-0.2, -0.15) is 0 Å². The molecule has 0 atom stereocenters. The molecule has 0 unspecified atom stereocenters. The molecule has 0 N–H and O–H groups in total. The van der Waals surface area contributed by atoms with Crippen LogP contribution in [0.15, 0.2) is 18.2 Å². The van der Waals surface area contributed by atoms with E-state index in [2.05, 4.69) is 4.90 Å². The number of aromatic nitrogens is 1. The zero-order valence-corrected chi connectivity index (χ0v) is 17.2. The molecule has 2 aliphatic rings. The first kappa shape index (κ1) is 19.2. The maximum Gasteiger partial charge on any atom is 0.309 e. The number of likely N-dealkylation sites (tertiary alicyclic amines) is 1. The lowest BCUT2D eigenvalue weighted by Crippen LogP contribution is -2.40. The Balaban J connectivity index is 1.44. The second-order valence-electron chi connectivity index (χ2n) is 7.55. The molecule has 2 aliphatic heterocycles. The first-order valence-electron chi connectivity index (χ1n) is 10.3. The van der Waals surface area contributed by atoms with Crippen molar-refractivity contribution in [2.45, 2.75) is 39.0 Å². The number of fused-ring (bicyclic) bond motifs is 1. The standard InChI is InChI=1S/C21H27N3O3S/c1-2-27-20(26)15-8-12-23(13-9-15)19(25)16-6-7-17-18(14-16)28-21(22-17)24-10-4-3-5-11-24/h6-7,14-15H,2-5,8-13H2,1H3. The van der Waals surface area contributed by atoms with E-state index in [0.29, 0.717) is 38.1 Å². The van der Waals surface area contributed by atoms with E-state index < -0.39 is 0 Å². The van der Waals surface area contributed by atoms with E-state index in [1.807, 2.05) is 30.0 Å². The molecule has 0 spiro atoms. The molecule has 1 aromatic carbocycles. The number of hydrogen-bond acceptors (Lipinski definition) is 6. The summed E-state index contributed by atoms with van der Waals surface area (Å²) in [6.07, 6.45) is 5.09. The summed E-state index contributed by atoms with van der Waals surface area (Å²) in [5.41, 5.74) is 1.67. The summed E-state index contributed by atoms with van der Waals surface area (Å²) >= 11 is 1.67. The van der Waals surface area contributed by atoms with Crippen LogP contribution < -0.4 is 4.90 Å². The molecule has 3 heterocycles. The highest BCUT2D eigenvalue weighted by Crippen LogP contribution is 2.31. The lowest BCUT2D eigenvalue weighted by Gasteiger charge is -2.31. The van der Waals surface area contributed by atoms with Crippen molar-refractivity contribution in [1.29, 1.82) is 0 Å². The minimum atomic E-state index is -0.133. The van der Waals surface area contributed by atoms with Gasteiger partial charge in [0.05, 0.1) is 22.7 Å². The minimum absolute atomic E-state index is 0.0390. The Labute approximate surface area is 169 Å². The molecule has 0 saturated carbocycles. The Bertz CT molecular complexity index is 852. The number of carbonyl (C=O) groups excluding carboxylic acids is 2. The van der Waals surface area contributed by atoms with Gasteiger partial charge in [0.25, 0.3) is 5.91 Å². The van der Waals surface area contributed by atoms with Gasteiger partial charge < -0.3 is 14.5 Å². The molecular formula is C21H27N3O3S. The molecule has 28 heavy (non-hydrogen) atoms. The van der Waals surface area contributed by atoms with E-state index in [4.69, 9.17) is 9.72 Å². The van der Waals surface area contributed by atoms with Gasteiger partial charge in [0.15, 0.2) is 5.13 Å². The molecule has 1 amide bonds. The molecule has 0 bridgehead atoms. The number of thiazole rings is 1. The van der Waals surface area contributed by atoms with E-state index in [0.717, 1.165) is 28.4 Å². The average molecular weight is 402 g/mol. The van der Waals surface area contributed by atoms with Gasteiger partial charge in [-0.1, -0.05) is 11.3 Å². The second kappa shape index (κ2) is 8.47. The van der Waals surface area contributed by atoms with Crippen molar-refractivity contribution in [3.8, 4) is 0 Å². The van der Waals surface area contributed by atoms with Crippen molar-refractivity contribution in [2.75, 3.05) is 37.7 Å². The van der Waals surface area contributed by atoms with Gasteiger partial charge in [0.1, 0.15) is 0 Å². The maximum atomic E-state index is 12.9. The monoisotopic (exact) mass is 401 g/mol. The van der Waals surface area contributed by atoms with Crippen LogP contribution in [0.2, 0.25) is 0 Å². The Morgan fingerprint density at radius 2 is 1.89 bits per heavy atom. The number of esters is 1. The fraction of sp³-hybridized carbons (Fsp3) is 0.571. The minimum Gasteiger partial charge on any atom is -0.466 e. The predicted octanol–water partition coefficient (Wildman–Crippen LogP) is 3.70. The van der Waals surface area contributed by atoms with Crippen molar-refractivity contribution < 1.29 is 14.3 Å². The number of benzene rings is 1. The third kappa shape index (κ3) is 3.99. The third-order valence-corrected chi connectivity index (χ3v) is 6.73. The van der Waals surface area contributed by atoms with Crippen molar-refractivity contribution in [1.82, 2.24) is 9.88 Å². The normalized spacial score (nSPS) is 18.5. The van der Waals surface area contributed by atoms with Crippen LogP contribution in [-0.4, -0.2) is 54.5 Å². The lowest BCUT2D eigenvalue weighted by molar-refractivity contribution is -0.149. The van der Waals surface area contributed by atoms with Gasteiger partial charge >= 0.3 is 5.97 Å². The quantitative estimate of drug-likeness (QED) is 0.731. The molecule has 2 aromatic rings. The smallest absolute Gasteiger partial charge is 0.309 e. The van der Waals surface area contributed by atoms with Gasteiger partial charge in [0.2, 0.25) is 0 Å². The molecule has 2 fully saturated rings. The number of nitrogens with zero attached hydrogens (tertiary/aromatic N) is 3. The molecule has 0 aliphatic carbocycles. The summed E-state index contributed by atoms with van der Waals surface area (Å²) in [5.74, 6) is -0.178. The zero-order valence-electron chi connectivity index (χ0n) is 16.4. The predicted molar refractivity (Wildman–Crippen MR) is 111 cm³/mol. The van der Waals surface area contributed by atoms with Crippen LogP contribution in [0.25, 0.3) is 10.2 Å². The van der Waals surface area contributed by atoms with E-state index in [1.165, 1.54) is 19.3 Å². The number of anilines is 1. The Hall–Kier alpha value is -2.15. The van der Waals surface area contributed by atoms with Crippen molar-refractivity contribution in [3.05, 3.63) is 23.8 Å². The summed E-state index contributed by atoms with van der Waals surface area (Å²) in [6, 6.07) is 5.81. The maximum absolute atomic E-state index is 12.9. The van der Waals surface area contributed by atoms with E-state index in [1.54, 1.807) is 11.3 Å². The summed E-state index contributed by atoms with van der Waals surface area (Å²) in [5, 5.41) is 1.06. The van der Waals surface area contributed by atoms with E-state index in [9.17, 15) is 9.59 Å². The first-order valence-corrected chi connectivity index (χ1v) is 11.1. The van der Waals surface area contributed by atoms with Crippen LogP contribution in [0.4, 0.5) is 5.13 Å². The Morgan fingerprint density at radius 3 is 2.61 bits per heavy atom.